The topological polar surface area (TPSA) is 87.7 Å². The second-order valence-corrected chi connectivity index (χ2v) is 9.69. The molecule has 0 amide bonds. The van der Waals surface area contributed by atoms with Crippen LogP contribution in [-0.4, -0.2) is 45.8 Å². The molecule has 0 bridgehead atoms. The Morgan fingerprint density at radius 3 is 2.47 bits per heavy atom. The standard InChI is InChI=1S/C16H24N2O.C7H8O3S/c1-16(14-11-17-9-10-18-14)8-4-6-12-5-3-7-13(19-2)15(12)16;1-6-2-4-7(5-3-6)11(8,9)10/h3,5,7,14,17-18H,4,6,8-11H2,1-2H3;2-5H,1H3,(H,8,9,10). The number of aryl methyl sites for hydroxylation is 2. The first-order valence-electron chi connectivity index (χ1n) is 10.4. The summed E-state index contributed by atoms with van der Waals surface area (Å²) in [5.74, 6) is 1.06. The van der Waals surface area contributed by atoms with E-state index in [-0.39, 0.29) is 10.3 Å². The third-order valence-corrected chi connectivity index (χ3v) is 7.04. The molecular weight excluding hydrogens is 400 g/mol. The zero-order chi connectivity index (χ0) is 21.8. The predicted octanol–water partition coefficient (Wildman–Crippen LogP) is 3.09. The van der Waals surface area contributed by atoms with E-state index in [0.29, 0.717) is 6.04 Å². The zero-order valence-corrected chi connectivity index (χ0v) is 18.8. The van der Waals surface area contributed by atoms with Crippen molar-refractivity contribution in [3.8, 4) is 5.75 Å². The molecule has 2 aromatic carbocycles. The highest BCUT2D eigenvalue weighted by atomic mass is 32.2. The summed E-state index contributed by atoms with van der Waals surface area (Å²) in [4.78, 5) is -0.0666. The number of piperazine rings is 1. The van der Waals surface area contributed by atoms with Crippen LogP contribution in [0.4, 0.5) is 0 Å². The highest BCUT2D eigenvalue weighted by Gasteiger charge is 2.41. The molecule has 0 saturated carbocycles. The number of rotatable bonds is 3. The summed E-state index contributed by atoms with van der Waals surface area (Å²) in [6.45, 7) is 7.43. The van der Waals surface area contributed by atoms with Gasteiger partial charge in [-0.1, -0.05) is 36.8 Å². The van der Waals surface area contributed by atoms with Crippen molar-refractivity contribution in [2.24, 2.45) is 0 Å². The Morgan fingerprint density at radius 2 is 1.87 bits per heavy atom. The van der Waals surface area contributed by atoms with Gasteiger partial charge in [0.2, 0.25) is 0 Å². The Morgan fingerprint density at radius 1 is 1.13 bits per heavy atom. The highest BCUT2D eigenvalue weighted by molar-refractivity contribution is 7.85. The molecular formula is C23H32N2O4S. The first kappa shape index (κ1) is 22.7. The van der Waals surface area contributed by atoms with E-state index < -0.39 is 10.1 Å². The van der Waals surface area contributed by atoms with Gasteiger partial charge < -0.3 is 15.4 Å². The molecule has 4 rings (SSSR count). The van der Waals surface area contributed by atoms with E-state index in [0.717, 1.165) is 30.9 Å². The second-order valence-electron chi connectivity index (χ2n) is 8.26. The molecule has 2 aromatic rings. The molecule has 6 nitrogen and oxygen atoms in total. The van der Waals surface area contributed by atoms with Gasteiger partial charge in [0, 0.05) is 36.7 Å². The number of ether oxygens (including phenoxy) is 1. The fraction of sp³-hybridized carbons (Fsp3) is 0.478. The Kier molecular flexibility index (Phi) is 7.18. The maximum Gasteiger partial charge on any atom is 0.294 e. The molecule has 0 radical (unpaired) electrons. The normalized spacial score (nSPS) is 23.7. The Balaban J connectivity index is 0.000000199. The van der Waals surface area contributed by atoms with Crippen LogP contribution < -0.4 is 15.4 Å². The molecule has 1 saturated heterocycles. The van der Waals surface area contributed by atoms with Crippen LogP contribution in [0.15, 0.2) is 47.4 Å². The first-order chi connectivity index (χ1) is 14.3. The molecule has 2 aliphatic rings. The van der Waals surface area contributed by atoms with Crippen molar-refractivity contribution in [1.29, 1.82) is 0 Å². The van der Waals surface area contributed by atoms with Crippen LogP contribution in [0.3, 0.4) is 0 Å². The SMILES string of the molecule is COc1cccc2c1C(C)(C1CNCCN1)CCC2.Cc1ccc(S(=O)(=O)O)cc1. The van der Waals surface area contributed by atoms with Crippen molar-refractivity contribution in [2.75, 3.05) is 26.7 Å². The molecule has 3 N–H and O–H groups in total. The maximum absolute atomic E-state index is 10.5. The lowest BCUT2D eigenvalue weighted by molar-refractivity contribution is 0.240. The largest absolute Gasteiger partial charge is 0.496 e. The molecule has 1 aliphatic carbocycles. The van der Waals surface area contributed by atoms with Crippen LogP contribution in [-0.2, 0) is 22.0 Å². The third kappa shape index (κ3) is 5.03. The lowest BCUT2D eigenvalue weighted by Gasteiger charge is -2.45. The van der Waals surface area contributed by atoms with Crippen LogP contribution in [0.25, 0.3) is 0 Å². The molecule has 30 heavy (non-hydrogen) atoms. The van der Waals surface area contributed by atoms with Gasteiger partial charge in [-0.3, -0.25) is 4.55 Å². The highest BCUT2D eigenvalue weighted by Crippen LogP contribution is 2.44. The van der Waals surface area contributed by atoms with Crippen LogP contribution in [0, 0.1) is 6.92 Å². The van der Waals surface area contributed by atoms with Crippen LogP contribution in [0.5, 0.6) is 5.75 Å². The van der Waals surface area contributed by atoms with E-state index in [9.17, 15) is 8.42 Å². The van der Waals surface area contributed by atoms with Crippen molar-refractivity contribution in [3.63, 3.8) is 0 Å². The van der Waals surface area contributed by atoms with E-state index in [1.54, 1.807) is 19.2 Å². The average Bonchev–Trinajstić information content (AvgIpc) is 2.74. The van der Waals surface area contributed by atoms with Gasteiger partial charge in [0.15, 0.2) is 0 Å². The van der Waals surface area contributed by atoms with E-state index >= 15 is 0 Å². The van der Waals surface area contributed by atoms with Gasteiger partial charge in [-0.15, -0.1) is 0 Å². The smallest absolute Gasteiger partial charge is 0.294 e. The summed E-state index contributed by atoms with van der Waals surface area (Å²) in [7, 11) is -2.23. The fourth-order valence-electron chi connectivity index (χ4n) is 4.54. The first-order valence-corrected chi connectivity index (χ1v) is 11.8. The zero-order valence-electron chi connectivity index (χ0n) is 17.9. The molecule has 1 fully saturated rings. The van der Waals surface area contributed by atoms with Gasteiger partial charge in [-0.05, 0) is 49.9 Å². The van der Waals surface area contributed by atoms with Crippen molar-refractivity contribution >= 4 is 10.1 Å². The second kappa shape index (κ2) is 9.47. The Bertz CT molecular complexity index is 939. The lowest BCUT2D eigenvalue weighted by Crippen LogP contribution is -2.58. The van der Waals surface area contributed by atoms with Crippen molar-refractivity contribution in [1.82, 2.24) is 10.6 Å². The lowest BCUT2D eigenvalue weighted by atomic mass is 9.66. The molecule has 164 valence electrons. The van der Waals surface area contributed by atoms with Gasteiger partial charge in [-0.25, -0.2) is 0 Å². The number of hydrogen-bond donors (Lipinski definition) is 3. The molecule has 2 atom stereocenters. The Hall–Kier alpha value is -1.93. The number of fused-ring (bicyclic) bond motifs is 1. The number of benzene rings is 2. The summed E-state index contributed by atoms with van der Waals surface area (Å²) in [6, 6.07) is 13.0. The number of hydrogen-bond acceptors (Lipinski definition) is 5. The summed E-state index contributed by atoms with van der Waals surface area (Å²) < 4.78 is 35.2. The van der Waals surface area contributed by atoms with Crippen LogP contribution in [0.1, 0.15) is 36.5 Å². The van der Waals surface area contributed by atoms with E-state index in [1.807, 2.05) is 6.92 Å². The summed E-state index contributed by atoms with van der Waals surface area (Å²) in [6.07, 6.45) is 3.69. The molecule has 0 aromatic heterocycles. The van der Waals surface area contributed by atoms with E-state index in [4.69, 9.17) is 9.29 Å². The molecule has 1 aliphatic heterocycles. The quantitative estimate of drug-likeness (QED) is 0.646. The number of nitrogens with one attached hydrogen (secondary N) is 2. The van der Waals surface area contributed by atoms with Gasteiger partial charge in [0.05, 0.1) is 12.0 Å². The monoisotopic (exact) mass is 432 g/mol. The van der Waals surface area contributed by atoms with E-state index in [2.05, 4.69) is 35.8 Å². The van der Waals surface area contributed by atoms with Crippen molar-refractivity contribution in [2.45, 2.75) is 49.5 Å². The van der Waals surface area contributed by atoms with Gasteiger partial charge in [0.1, 0.15) is 5.75 Å². The molecule has 7 heteroatoms. The van der Waals surface area contributed by atoms with Crippen molar-refractivity contribution in [3.05, 3.63) is 59.2 Å². The van der Waals surface area contributed by atoms with Gasteiger partial charge >= 0.3 is 0 Å². The predicted molar refractivity (Wildman–Crippen MR) is 119 cm³/mol. The summed E-state index contributed by atoms with van der Waals surface area (Å²) in [5.41, 5.74) is 4.04. The summed E-state index contributed by atoms with van der Waals surface area (Å²) in [5, 5.41) is 7.23. The van der Waals surface area contributed by atoms with Crippen LogP contribution >= 0.6 is 0 Å². The minimum atomic E-state index is -4.02. The molecule has 0 spiro atoms. The van der Waals surface area contributed by atoms with Gasteiger partial charge in [0.25, 0.3) is 10.1 Å². The van der Waals surface area contributed by atoms with Crippen molar-refractivity contribution < 1.29 is 17.7 Å². The third-order valence-electron chi connectivity index (χ3n) is 6.17. The maximum atomic E-state index is 10.5. The minimum Gasteiger partial charge on any atom is -0.496 e. The fourth-order valence-corrected chi connectivity index (χ4v) is 5.02. The molecule has 2 unspecified atom stereocenters. The minimum absolute atomic E-state index is 0.0666. The molecule has 1 heterocycles. The average molecular weight is 433 g/mol. The van der Waals surface area contributed by atoms with Crippen LogP contribution in [0.2, 0.25) is 0 Å². The van der Waals surface area contributed by atoms with E-state index in [1.165, 1.54) is 42.5 Å². The van der Waals surface area contributed by atoms with Gasteiger partial charge in [-0.2, -0.15) is 8.42 Å². The summed E-state index contributed by atoms with van der Waals surface area (Å²) >= 11 is 0. The Labute approximate surface area is 179 Å². The number of methoxy groups -OCH3 is 1.